The molecule has 1 heterocycles. The van der Waals surface area contributed by atoms with Gasteiger partial charge in [0.15, 0.2) is 5.69 Å². The summed E-state index contributed by atoms with van der Waals surface area (Å²) in [4.78, 5) is 14.4. The molecule has 118 valence electrons. The van der Waals surface area contributed by atoms with Gasteiger partial charge in [-0.25, -0.2) is 9.78 Å². The second-order valence-corrected chi connectivity index (χ2v) is 4.28. The van der Waals surface area contributed by atoms with Crippen LogP contribution in [0.25, 0.3) is 10.9 Å². The number of pyridine rings is 1. The molecule has 2 rings (SSSR count). The summed E-state index contributed by atoms with van der Waals surface area (Å²) in [5.41, 5.74) is -4.33. The molecule has 0 bridgehead atoms. The highest BCUT2D eigenvalue weighted by Gasteiger charge is 2.44. The Bertz CT molecular complexity index is 736. The number of halogens is 6. The SMILES string of the molecule is COC(=O)c1ccc2nc(C(F)(F)F)c(C(F)(F)F)cc2c1. The molecule has 0 aliphatic rings. The van der Waals surface area contributed by atoms with E-state index >= 15 is 0 Å². The van der Waals surface area contributed by atoms with E-state index in [1.807, 2.05) is 0 Å². The fourth-order valence-corrected chi connectivity index (χ4v) is 1.85. The van der Waals surface area contributed by atoms with Crippen molar-refractivity contribution in [3.63, 3.8) is 0 Å². The normalized spacial score (nSPS) is 12.5. The van der Waals surface area contributed by atoms with Crippen LogP contribution in [0.2, 0.25) is 0 Å². The first kappa shape index (κ1) is 16.1. The number of esters is 1. The predicted octanol–water partition coefficient (Wildman–Crippen LogP) is 4.06. The number of nitrogens with zero attached hydrogens (tertiary/aromatic N) is 1. The summed E-state index contributed by atoms with van der Waals surface area (Å²) in [5.74, 6) is -0.824. The number of fused-ring (bicyclic) bond motifs is 1. The van der Waals surface area contributed by atoms with Crippen molar-refractivity contribution < 1.29 is 35.9 Å². The molecule has 1 aromatic heterocycles. The van der Waals surface area contributed by atoms with Crippen LogP contribution in [0, 0.1) is 0 Å². The van der Waals surface area contributed by atoms with Crippen LogP contribution in [-0.2, 0) is 17.1 Å². The van der Waals surface area contributed by atoms with Crippen LogP contribution in [0.15, 0.2) is 24.3 Å². The molecule has 1 aromatic carbocycles. The summed E-state index contributed by atoms with van der Waals surface area (Å²) in [6.45, 7) is 0. The lowest BCUT2D eigenvalue weighted by molar-refractivity contribution is -0.164. The van der Waals surface area contributed by atoms with Gasteiger partial charge in [-0.15, -0.1) is 0 Å². The van der Waals surface area contributed by atoms with E-state index in [4.69, 9.17) is 0 Å². The fraction of sp³-hybridized carbons (Fsp3) is 0.231. The van der Waals surface area contributed by atoms with Gasteiger partial charge in [-0.3, -0.25) is 0 Å². The molecule has 0 aliphatic heterocycles. The van der Waals surface area contributed by atoms with E-state index < -0.39 is 29.6 Å². The third kappa shape index (κ3) is 2.97. The number of ether oxygens (including phenoxy) is 1. The first-order chi connectivity index (χ1) is 10.0. The van der Waals surface area contributed by atoms with Crippen LogP contribution in [0.3, 0.4) is 0 Å². The van der Waals surface area contributed by atoms with Gasteiger partial charge in [-0.05, 0) is 24.3 Å². The summed E-state index contributed by atoms with van der Waals surface area (Å²) in [7, 11) is 1.07. The summed E-state index contributed by atoms with van der Waals surface area (Å²) in [5, 5.41) is -0.247. The van der Waals surface area contributed by atoms with E-state index in [0.717, 1.165) is 25.3 Å². The zero-order valence-electron chi connectivity index (χ0n) is 10.8. The van der Waals surface area contributed by atoms with E-state index in [1.165, 1.54) is 0 Å². The molecule has 0 fully saturated rings. The Morgan fingerprint density at radius 1 is 1.05 bits per heavy atom. The molecule has 2 aromatic rings. The van der Waals surface area contributed by atoms with Gasteiger partial charge in [0.1, 0.15) is 0 Å². The van der Waals surface area contributed by atoms with E-state index in [1.54, 1.807) is 0 Å². The summed E-state index contributed by atoms with van der Waals surface area (Å²) >= 11 is 0. The molecule has 0 saturated heterocycles. The molecule has 0 amide bonds. The number of rotatable bonds is 1. The van der Waals surface area contributed by atoms with Crippen LogP contribution < -0.4 is 0 Å². The molecule has 0 radical (unpaired) electrons. The lowest BCUT2D eigenvalue weighted by atomic mass is 10.1. The van der Waals surface area contributed by atoms with Crippen molar-refractivity contribution in [3.8, 4) is 0 Å². The lowest BCUT2D eigenvalue weighted by Crippen LogP contribution is -2.18. The Morgan fingerprint density at radius 2 is 1.68 bits per heavy atom. The zero-order valence-corrected chi connectivity index (χ0v) is 10.8. The number of hydrogen-bond donors (Lipinski definition) is 0. The van der Waals surface area contributed by atoms with Crippen molar-refractivity contribution in [1.82, 2.24) is 4.98 Å². The number of alkyl halides is 6. The molecule has 3 nitrogen and oxygen atoms in total. The van der Waals surface area contributed by atoms with Crippen molar-refractivity contribution in [2.75, 3.05) is 7.11 Å². The van der Waals surface area contributed by atoms with Crippen LogP contribution in [0.4, 0.5) is 26.3 Å². The molecule has 0 saturated carbocycles. The first-order valence-electron chi connectivity index (χ1n) is 5.71. The van der Waals surface area contributed by atoms with Crippen LogP contribution in [0.5, 0.6) is 0 Å². The van der Waals surface area contributed by atoms with Crippen LogP contribution in [-0.4, -0.2) is 18.1 Å². The minimum Gasteiger partial charge on any atom is -0.465 e. The van der Waals surface area contributed by atoms with Gasteiger partial charge in [0, 0.05) is 5.39 Å². The quantitative estimate of drug-likeness (QED) is 0.587. The van der Waals surface area contributed by atoms with Crippen LogP contribution in [0.1, 0.15) is 21.6 Å². The van der Waals surface area contributed by atoms with Crippen molar-refractivity contribution >= 4 is 16.9 Å². The maximum atomic E-state index is 12.8. The highest BCUT2D eigenvalue weighted by atomic mass is 19.4. The van der Waals surface area contributed by atoms with Gasteiger partial charge in [0.25, 0.3) is 0 Å². The predicted molar refractivity (Wildman–Crippen MR) is 63.1 cm³/mol. The highest BCUT2D eigenvalue weighted by molar-refractivity contribution is 5.94. The van der Waals surface area contributed by atoms with E-state index in [-0.39, 0.29) is 16.5 Å². The van der Waals surface area contributed by atoms with Gasteiger partial charge in [-0.1, -0.05) is 0 Å². The van der Waals surface area contributed by atoms with Crippen molar-refractivity contribution in [2.24, 2.45) is 0 Å². The molecular formula is C13H7F6NO2. The largest absolute Gasteiger partial charge is 0.465 e. The highest BCUT2D eigenvalue weighted by Crippen LogP contribution is 2.40. The standard InChI is InChI=1S/C13H7F6NO2/c1-22-11(21)6-2-3-9-7(4-6)5-8(12(14,15)16)10(20-9)13(17,18)19/h2-5H,1H3. The third-order valence-corrected chi connectivity index (χ3v) is 2.81. The van der Waals surface area contributed by atoms with Crippen molar-refractivity contribution in [3.05, 3.63) is 41.1 Å². The summed E-state index contributed by atoms with van der Waals surface area (Å²) in [6.07, 6.45) is -10.5. The Morgan fingerprint density at radius 3 is 2.18 bits per heavy atom. The summed E-state index contributed by atoms with van der Waals surface area (Å²) < 4.78 is 81.0. The van der Waals surface area contributed by atoms with E-state index in [2.05, 4.69) is 9.72 Å². The molecule has 0 atom stereocenters. The molecule has 0 aliphatic carbocycles. The average Bonchev–Trinajstić information content (AvgIpc) is 2.42. The number of carbonyl (C=O) groups is 1. The number of aromatic nitrogens is 1. The van der Waals surface area contributed by atoms with E-state index in [0.29, 0.717) is 6.07 Å². The molecule has 0 N–H and O–H groups in total. The Kier molecular flexibility index (Phi) is 3.76. The average molecular weight is 323 g/mol. The Labute approximate surface area is 119 Å². The fourth-order valence-electron chi connectivity index (χ4n) is 1.85. The number of carbonyl (C=O) groups excluding carboxylic acids is 1. The maximum Gasteiger partial charge on any atom is 0.433 e. The Hall–Kier alpha value is -2.32. The number of benzene rings is 1. The molecule has 0 spiro atoms. The molecule has 0 unspecified atom stereocenters. The van der Waals surface area contributed by atoms with Gasteiger partial charge < -0.3 is 4.74 Å². The van der Waals surface area contributed by atoms with Crippen molar-refractivity contribution in [2.45, 2.75) is 12.4 Å². The molecular weight excluding hydrogens is 316 g/mol. The maximum absolute atomic E-state index is 12.8. The minimum absolute atomic E-state index is 0.0929. The summed E-state index contributed by atoms with van der Waals surface area (Å²) in [6, 6.07) is 3.45. The van der Waals surface area contributed by atoms with Crippen molar-refractivity contribution in [1.29, 1.82) is 0 Å². The van der Waals surface area contributed by atoms with Gasteiger partial charge in [-0.2, -0.15) is 26.3 Å². The van der Waals surface area contributed by atoms with Gasteiger partial charge in [0.2, 0.25) is 0 Å². The second kappa shape index (κ2) is 5.15. The van der Waals surface area contributed by atoms with Crippen LogP contribution >= 0.6 is 0 Å². The smallest absolute Gasteiger partial charge is 0.433 e. The minimum atomic E-state index is -5.25. The monoisotopic (exact) mass is 323 g/mol. The second-order valence-electron chi connectivity index (χ2n) is 4.28. The molecule has 22 heavy (non-hydrogen) atoms. The third-order valence-electron chi connectivity index (χ3n) is 2.81. The number of methoxy groups -OCH3 is 1. The topological polar surface area (TPSA) is 39.2 Å². The first-order valence-corrected chi connectivity index (χ1v) is 5.71. The Balaban J connectivity index is 2.75. The lowest BCUT2D eigenvalue weighted by Gasteiger charge is -2.15. The number of hydrogen-bond acceptors (Lipinski definition) is 3. The van der Waals surface area contributed by atoms with Gasteiger partial charge in [0.05, 0.1) is 23.8 Å². The zero-order chi connectivity index (χ0) is 16.7. The van der Waals surface area contributed by atoms with E-state index in [9.17, 15) is 31.1 Å². The molecule has 9 heteroatoms. The van der Waals surface area contributed by atoms with Gasteiger partial charge >= 0.3 is 18.3 Å².